The normalized spacial score (nSPS) is 10.6. The first-order valence-electron chi connectivity index (χ1n) is 8.54. The minimum Gasteiger partial charge on any atom is -0.423 e. The Morgan fingerprint density at radius 2 is 1.61 bits per heavy atom. The highest BCUT2D eigenvalue weighted by Gasteiger charge is 2.08. The Morgan fingerprint density at radius 3 is 2.29 bits per heavy atom. The van der Waals surface area contributed by atoms with Gasteiger partial charge in [-0.3, -0.25) is 4.79 Å². The maximum atomic E-state index is 12.1. The lowest BCUT2D eigenvalue weighted by Crippen LogP contribution is -2.19. The molecule has 3 aromatic carbocycles. The number of amides is 1. The molecule has 140 valence electrons. The lowest BCUT2D eigenvalue weighted by molar-refractivity contribution is -0.120. The van der Waals surface area contributed by atoms with Crippen LogP contribution in [0.2, 0.25) is 5.02 Å². The molecule has 1 N–H and O–H groups in total. The molecule has 0 aliphatic heterocycles. The Kier molecular flexibility index (Phi) is 6.54. The summed E-state index contributed by atoms with van der Waals surface area (Å²) in [6, 6.07) is 22.7. The predicted molar refractivity (Wildman–Crippen MR) is 109 cm³/mol. The summed E-state index contributed by atoms with van der Waals surface area (Å²) in [5, 5.41) is 4.49. The van der Waals surface area contributed by atoms with E-state index in [2.05, 4.69) is 10.5 Å². The lowest BCUT2D eigenvalue weighted by atomic mass is 10.1. The highest BCUT2D eigenvalue weighted by atomic mass is 35.5. The number of halogens is 1. The van der Waals surface area contributed by atoms with Crippen molar-refractivity contribution in [1.82, 2.24) is 5.43 Å². The van der Waals surface area contributed by atoms with Gasteiger partial charge in [-0.05, 0) is 59.7 Å². The van der Waals surface area contributed by atoms with Gasteiger partial charge in [0.25, 0.3) is 0 Å². The number of hydrazone groups is 1. The fourth-order valence-corrected chi connectivity index (χ4v) is 2.50. The summed E-state index contributed by atoms with van der Waals surface area (Å²) >= 11 is 5.80. The maximum Gasteiger partial charge on any atom is 0.343 e. The zero-order valence-corrected chi connectivity index (χ0v) is 15.6. The van der Waals surface area contributed by atoms with Gasteiger partial charge in [0.15, 0.2) is 0 Å². The van der Waals surface area contributed by atoms with Crippen LogP contribution >= 0.6 is 11.6 Å². The van der Waals surface area contributed by atoms with E-state index in [1.165, 1.54) is 6.21 Å². The molecule has 0 unspecified atom stereocenters. The van der Waals surface area contributed by atoms with Gasteiger partial charge in [0.05, 0.1) is 18.2 Å². The molecule has 28 heavy (non-hydrogen) atoms. The molecule has 0 bridgehead atoms. The van der Waals surface area contributed by atoms with E-state index < -0.39 is 5.97 Å². The Bertz CT molecular complexity index is 969. The highest BCUT2D eigenvalue weighted by molar-refractivity contribution is 6.30. The molecule has 0 aliphatic carbocycles. The largest absolute Gasteiger partial charge is 0.423 e. The van der Waals surface area contributed by atoms with Crippen LogP contribution in [0.25, 0.3) is 0 Å². The van der Waals surface area contributed by atoms with Crippen LogP contribution in [0.5, 0.6) is 5.75 Å². The van der Waals surface area contributed by atoms with E-state index in [0.29, 0.717) is 16.3 Å². The van der Waals surface area contributed by atoms with E-state index in [0.717, 1.165) is 11.1 Å². The van der Waals surface area contributed by atoms with Crippen LogP contribution in [0, 0.1) is 0 Å². The molecule has 3 rings (SSSR count). The van der Waals surface area contributed by atoms with Crippen molar-refractivity contribution >= 4 is 29.7 Å². The third kappa shape index (κ3) is 5.79. The van der Waals surface area contributed by atoms with Crippen molar-refractivity contribution in [2.75, 3.05) is 0 Å². The molecule has 0 saturated heterocycles. The molecule has 1 amide bonds. The average molecular weight is 393 g/mol. The van der Waals surface area contributed by atoms with Gasteiger partial charge in [-0.25, -0.2) is 10.2 Å². The van der Waals surface area contributed by atoms with E-state index in [9.17, 15) is 9.59 Å². The summed E-state index contributed by atoms with van der Waals surface area (Å²) in [4.78, 5) is 23.9. The number of carbonyl (C=O) groups is 2. The summed E-state index contributed by atoms with van der Waals surface area (Å²) in [6.45, 7) is 0. The van der Waals surface area contributed by atoms with E-state index in [4.69, 9.17) is 16.3 Å². The Labute approximate surface area is 167 Å². The minimum atomic E-state index is -0.466. The summed E-state index contributed by atoms with van der Waals surface area (Å²) in [7, 11) is 0. The fraction of sp³-hybridized carbons (Fsp3) is 0.0455. The van der Waals surface area contributed by atoms with Crippen molar-refractivity contribution in [3.05, 3.63) is 101 Å². The molecule has 0 radical (unpaired) electrons. The minimum absolute atomic E-state index is 0.198. The number of hydrogen-bond donors (Lipinski definition) is 1. The summed E-state index contributed by atoms with van der Waals surface area (Å²) in [5.41, 5.74) is 4.57. The zero-order valence-electron chi connectivity index (χ0n) is 14.8. The monoisotopic (exact) mass is 392 g/mol. The number of ether oxygens (including phenoxy) is 1. The Morgan fingerprint density at radius 1 is 0.929 bits per heavy atom. The van der Waals surface area contributed by atoms with Gasteiger partial charge >= 0.3 is 5.97 Å². The van der Waals surface area contributed by atoms with Crippen LogP contribution in [-0.2, 0) is 11.2 Å². The van der Waals surface area contributed by atoms with Gasteiger partial charge in [0.2, 0.25) is 5.91 Å². The molecule has 0 aromatic heterocycles. The molecule has 6 heteroatoms. The number of nitrogens with zero attached hydrogens (tertiary/aromatic N) is 1. The van der Waals surface area contributed by atoms with Gasteiger partial charge in [-0.2, -0.15) is 5.10 Å². The maximum absolute atomic E-state index is 12.1. The molecular weight excluding hydrogens is 376 g/mol. The van der Waals surface area contributed by atoms with E-state index in [1.807, 2.05) is 30.3 Å². The summed E-state index contributed by atoms with van der Waals surface area (Å²) in [6.07, 6.45) is 1.78. The topological polar surface area (TPSA) is 67.8 Å². The molecule has 0 atom stereocenters. The van der Waals surface area contributed by atoms with Crippen molar-refractivity contribution in [2.45, 2.75) is 6.42 Å². The fourth-order valence-electron chi connectivity index (χ4n) is 2.37. The summed E-state index contributed by atoms with van der Waals surface area (Å²) < 4.78 is 5.31. The number of esters is 1. The van der Waals surface area contributed by atoms with Gasteiger partial charge in [-0.1, -0.05) is 41.9 Å². The van der Waals surface area contributed by atoms with Crippen LogP contribution in [0.4, 0.5) is 0 Å². The van der Waals surface area contributed by atoms with Crippen LogP contribution in [0.1, 0.15) is 21.5 Å². The molecule has 3 aromatic rings. The van der Waals surface area contributed by atoms with Gasteiger partial charge < -0.3 is 4.74 Å². The number of nitrogens with one attached hydrogen (secondary N) is 1. The predicted octanol–water partition coefficient (Wildman–Crippen LogP) is 4.25. The molecule has 0 spiro atoms. The van der Waals surface area contributed by atoms with Crippen LogP contribution < -0.4 is 10.2 Å². The second kappa shape index (κ2) is 9.48. The highest BCUT2D eigenvalue weighted by Crippen LogP contribution is 2.15. The van der Waals surface area contributed by atoms with Gasteiger partial charge in [-0.15, -0.1) is 0 Å². The van der Waals surface area contributed by atoms with Crippen LogP contribution in [-0.4, -0.2) is 18.1 Å². The number of carbonyl (C=O) groups excluding carboxylic acids is 2. The first kappa shape index (κ1) is 19.3. The standard InChI is InChI=1S/C22H17ClN2O3/c23-19-10-8-18(9-11-19)22(27)28-20-12-6-17(7-13-20)15-24-25-21(26)14-16-4-2-1-3-5-16/h1-13,15H,14H2,(H,25,26)/b24-15+. The molecular formula is C22H17ClN2O3. The second-order valence-electron chi connectivity index (χ2n) is 5.92. The van der Waals surface area contributed by atoms with E-state index >= 15 is 0 Å². The van der Waals surface area contributed by atoms with Crippen molar-refractivity contribution in [1.29, 1.82) is 0 Å². The van der Waals surface area contributed by atoms with E-state index in [1.54, 1.807) is 48.5 Å². The Balaban J connectivity index is 1.51. The molecule has 0 heterocycles. The second-order valence-corrected chi connectivity index (χ2v) is 6.36. The smallest absolute Gasteiger partial charge is 0.343 e. The molecule has 0 fully saturated rings. The number of hydrogen-bond acceptors (Lipinski definition) is 4. The van der Waals surface area contributed by atoms with Crippen molar-refractivity contribution in [3.63, 3.8) is 0 Å². The SMILES string of the molecule is O=C(Cc1ccccc1)N/N=C/c1ccc(OC(=O)c2ccc(Cl)cc2)cc1. The van der Waals surface area contributed by atoms with Crippen molar-refractivity contribution in [2.24, 2.45) is 5.10 Å². The zero-order chi connectivity index (χ0) is 19.8. The first-order valence-corrected chi connectivity index (χ1v) is 8.91. The number of rotatable bonds is 6. The van der Waals surface area contributed by atoms with E-state index in [-0.39, 0.29) is 12.3 Å². The summed E-state index contributed by atoms with van der Waals surface area (Å²) in [5.74, 6) is -0.257. The number of benzene rings is 3. The first-order chi connectivity index (χ1) is 13.6. The van der Waals surface area contributed by atoms with Gasteiger partial charge in [0, 0.05) is 5.02 Å². The Hall–Kier alpha value is -3.44. The third-order valence-electron chi connectivity index (χ3n) is 3.78. The van der Waals surface area contributed by atoms with Crippen LogP contribution in [0.3, 0.4) is 0 Å². The lowest BCUT2D eigenvalue weighted by Gasteiger charge is -2.05. The van der Waals surface area contributed by atoms with Gasteiger partial charge in [0.1, 0.15) is 5.75 Å². The third-order valence-corrected chi connectivity index (χ3v) is 4.03. The van der Waals surface area contributed by atoms with Crippen LogP contribution in [0.15, 0.2) is 84.0 Å². The molecule has 5 nitrogen and oxygen atoms in total. The average Bonchev–Trinajstić information content (AvgIpc) is 2.70. The van der Waals surface area contributed by atoms with Crippen molar-refractivity contribution in [3.8, 4) is 5.75 Å². The molecule has 0 saturated carbocycles. The molecule has 0 aliphatic rings. The quantitative estimate of drug-likeness (QED) is 0.295. The van der Waals surface area contributed by atoms with Crippen molar-refractivity contribution < 1.29 is 14.3 Å².